The smallest absolute Gasteiger partial charge is 0.443 e. The van der Waals surface area contributed by atoms with Crippen molar-refractivity contribution in [2.45, 2.75) is 0 Å². The highest BCUT2D eigenvalue weighted by Crippen LogP contribution is 1.99. The van der Waals surface area contributed by atoms with Crippen LogP contribution < -0.4 is 10.9 Å². The Morgan fingerprint density at radius 3 is 1.73 bits per heavy atom. The highest BCUT2D eigenvalue weighted by atomic mass is 32.1. The van der Waals surface area contributed by atoms with E-state index in [1.807, 2.05) is 10.8 Å². The maximum absolute atomic E-state index is 9.61. The number of rotatable bonds is 4. The fourth-order valence-corrected chi connectivity index (χ4v) is 2.44. The summed E-state index contributed by atoms with van der Waals surface area (Å²) in [5.74, 6) is 0. The molecule has 2 rings (SSSR count). The third-order valence-corrected chi connectivity index (χ3v) is 3.32. The van der Waals surface area contributed by atoms with Gasteiger partial charge in [-0.25, -0.2) is 0 Å². The fraction of sp³-hybridized carbons (Fsp3) is 0. The van der Waals surface area contributed by atoms with Gasteiger partial charge in [-0.15, -0.1) is 0 Å². The summed E-state index contributed by atoms with van der Waals surface area (Å²) in [5, 5.41) is 26.5. The van der Waals surface area contributed by atoms with E-state index >= 15 is 0 Å². The monoisotopic (exact) mass is 238 g/mol. The molecule has 0 unspecified atom stereocenters. The van der Waals surface area contributed by atoms with E-state index in [9.17, 15) is 10.0 Å². The summed E-state index contributed by atoms with van der Waals surface area (Å²) >= 11 is 2.95. The van der Waals surface area contributed by atoms with Crippen LogP contribution in [0.3, 0.4) is 0 Å². The van der Waals surface area contributed by atoms with E-state index < -0.39 is 14.2 Å². The van der Waals surface area contributed by atoms with Crippen LogP contribution in [0.15, 0.2) is 33.7 Å². The van der Waals surface area contributed by atoms with E-state index in [2.05, 4.69) is 0 Å². The van der Waals surface area contributed by atoms with Crippen LogP contribution in [0.5, 0.6) is 0 Å². The lowest BCUT2D eigenvalue weighted by atomic mass is 9.73. The summed E-state index contributed by atoms with van der Waals surface area (Å²) in [4.78, 5) is 0. The molecule has 0 aliphatic carbocycles. The predicted octanol–water partition coefficient (Wildman–Crippen LogP) is -0.0986. The molecule has 76 valence electrons. The van der Waals surface area contributed by atoms with E-state index in [4.69, 9.17) is 4.57 Å². The minimum atomic E-state index is -1.08. The molecule has 0 saturated heterocycles. The van der Waals surface area contributed by atoms with Gasteiger partial charge in [-0.1, -0.05) is 12.1 Å². The minimum Gasteiger partial charge on any atom is -0.443 e. The molecule has 0 aromatic carbocycles. The first-order valence-electron chi connectivity index (χ1n) is 4.33. The molecule has 0 amide bonds. The Balaban J connectivity index is 1.98. The number of hydrogen-bond donors (Lipinski definition) is 2. The Morgan fingerprint density at radius 2 is 1.40 bits per heavy atom. The highest BCUT2D eigenvalue weighted by Gasteiger charge is 2.26. The Hall–Kier alpha value is -0.590. The van der Waals surface area contributed by atoms with E-state index in [1.54, 1.807) is 22.9 Å². The van der Waals surface area contributed by atoms with Gasteiger partial charge in [0.25, 0.3) is 0 Å². The summed E-state index contributed by atoms with van der Waals surface area (Å²) < 4.78 is 5.06. The van der Waals surface area contributed by atoms with Crippen molar-refractivity contribution in [3.05, 3.63) is 33.7 Å². The molecule has 2 aromatic heterocycles. The van der Waals surface area contributed by atoms with Crippen molar-refractivity contribution in [2.24, 2.45) is 0 Å². The molecule has 2 N–H and O–H groups in total. The largest absolute Gasteiger partial charge is 0.478 e. The molecule has 15 heavy (non-hydrogen) atoms. The molecule has 0 bridgehead atoms. The lowest BCUT2D eigenvalue weighted by Crippen LogP contribution is -2.44. The second kappa shape index (κ2) is 4.96. The average molecular weight is 238 g/mol. The molecule has 3 nitrogen and oxygen atoms in total. The lowest BCUT2D eigenvalue weighted by molar-refractivity contribution is 0.379. The van der Waals surface area contributed by atoms with E-state index in [1.165, 1.54) is 22.7 Å². The van der Waals surface area contributed by atoms with Crippen molar-refractivity contribution in [1.82, 2.24) is 0 Å². The molecule has 0 saturated carbocycles. The summed E-state index contributed by atoms with van der Waals surface area (Å²) in [6.07, 6.45) is 0. The molecule has 0 radical (unpaired) electrons. The molecule has 0 aliphatic rings. The first-order valence-corrected chi connectivity index (χ1v) is 6.21. The molecular formula is C8H8B2O3S2. The predicted molar refractivity (Wildman–Crippen MR) is 64.9 cm³/mol. The van der Waals surface area contributed by atoms with Gasteiger partial charge >= 0.3 is 14.2 Å². The Morgan fingerprint density at radius 1 is 0.933 bits per heavy atom. The van der Waals surface area contributed by atoms with Crippen LogP contribution in [0, 0.1) is 0 Å². The van der Waals surface area contributed by atoms with Crippen LogP contribution in [0.1, 0.15) is 0 Å². The first-order chi connectivity index (χ1) is 7.27. The molecule has 7 heteroatoms. The Labute approximate surface area is 96.3 Å². The second-order valence-electron chi connectivity index (χ2n) is 2.95. The SMILES string of the molecule is OB(OB(O)c1ccsc1)c1ccsc1. The van der Waals surface area contributed by atoms with Crippen molar-refractivity contribution in [3.8, 4) is 0 Å². The first kappa shape index (κ1) is 10.9. The Kier molecular flexibility index (Phi) is 3.61. The normalized spacial score (nSPS) is 10.3. The molecule has 0 aliphatic heterocycles. The third kappa shape index (κ3) is 2.70. The van der Waals surface area contributed by atoms with Gasteiger partial charge in [0.15, 0.2) is 0 Å². The van der Waals surface area contributed by atoms with Crippen LogP contribution in [0.4, 0.5) is 0 Å². The maximum Gasteiger partial charge on any atom is 0.478 e. The van der Waals surface area contributed by atoms with Gasteiger partial charge in [0, 0.05) is 0 Å². The van der Waals surface area contributed by atoms with Crippen LogP contribution in [-0.2, 0) is 4.57 Å². The molecular weight excluding hydrogens is 230 g/mol. The van der Waals surface area contributed by atoms with Gasteiger partial charge in [0.2, 0.25) is 0 Å². The van der Waals surface area contributed by atoms with Crippen LogP contribution in [0.25, 0.3) is 0 Å². The zero-order chi connectivity index (χ0) is 10.7. The highest BCUT2D eigenvalue weighted by molar-refractivity contribution is 7.09. The van der Waals surface area contributed by atoms with Crippen LogP contribution >= 0.6 is 22.7 Å². The van der Waals surface area contributed by atoms with Gasteiger partial charge in [0.1, 0.15) is 0 Å². The molecule has 2 heterocycles. The standard InChI is InChI=1S/C8H8B2O3S2/c11-9(7-1-3-14-5-7)13-10(12)8-2-4-15-6-8/h1-6,11-12H. The van der Waals surface area contributed by atoms with E-state index in [0.29, 0.717) is 10.9 Å². The Bertz CT molecular complexity index is 352. The fourth-order valence-electron chi connectivity index (χ4n) is 1.11. The molecule has 2 aromatic rings. The van der Waals surface area contributed by atoms with Crippen LogP contribution in [0.2, 0.25) is 0 Å². The summed E-state index contributed by atoms with van der Waals surface area (Å²) in [6.45, 7) is 0. The molecule has 0 spiro atoms. The summed E-state index contributed by atoms with van der Waals surface area (Å²) in [5.41, 5.74) is 1.32. The van der Waals surface area contributed by atoms with Crippen molar-refractivity contribution >= 4 is 47.8 Å². The summed E-state index contributed by atoms with van der Waals surface area (Å²) in [7, 11) is -2.16. The quantitative estimate of drug-likeness (QED) is 0.731. The van der Waals surface area contributed by atoms with Gasteiger partial charge in [-0.2, -0.15) is 22.7 Å². The minimum absolute atomic E-state index is 0.661. The van der Waals surface area contributed by atoms with Crippen molar-refractivity contribution < 1.29 is 14.6 Å². The summed E-state index contributed by atoms with van der Waals surface area (Å²) in [6, 6.07) is 3.52. The average Bonchev–Trinajstić information content (AvgIpc) is 2.91. The van der Waals surface area contributed by atoms with Gasteiger partial charge in [0.05, 0.1) is 0 Å². The topological polar surface area (TPSA) is 49.7 Å². The third-order valence-electron chi connectivity index (χ3n) is 1.91. The van der Waals surface area contributed by atoms with Crippen molar-refractivity contribution in [3.63, 3.8) is 0 Å². The van der Waals surface area contributed by atoms with Gasteiger partial charge in [-0.05, 0) is 32.4 Å². The van der Waals surface area contributed by atoms with Gasteiger partial charge < -0.3 is 14.6 Å². The molecule has 0 atom stereocenters. The second-order valence-corrected chi connectivity index (χ2v) is 4.51. The number of hydrogen-bond acceptors (Lipinski definition) is 5. The van der Waals surface area contributed by atoms with Crippen molar-refractivity contribution in [2.75, 3.05) is 0 Å². The maximum atomic E-state index is 9.61. The van der Waals surface area contributed by atoms with E-state index in [0.717, 1.165) is 0 Å². The number of thiophene rings is 2. The van der Waals surface area contributed by atoms with Crippen LogP contribution in [-0.4, -0.2) is 24.3 Å². The van der Waals surface area contributed by atoms with Crippen molar-refractivity contribution in [1.29, 1.82) is 0 Å². The lowest BCUT2D eigenvalue weighted by Gasteiger charge is -2.08. The molecule has 0 fully saturated rings. The van der Waals surface area contributed by atoms with Gasteiger partial charge in [-0.3, -0.25) is 0 Å². The zero-order valence-corrected chi connectivity index (χ0v) is 9.37. The zero-order valence-electron chi connectivity index (χ0n) is 7.74. The van der Waals surface area contributed by atoms with E-state index in [-0.39, 0.29) is 0 Å².